The van der Waals surface area contributed by atoms with E-state index in [0.717, 1.165) is 17.7 Å². The third-order valence-electron chi connectivity index (χ3n) is 3.25. The van der Waals surface area contributed by atoms with Crippen LogP contribution < -0.4 is 0 Å². The van der Waals surface area contributed by atoms with Crippen molar-refractivity contribution in [1.82, 2.24) is 4.90 Å². The van der Waals surface area contributed by atoms with E-state index < -0.39 is 23.5 Å². The van der Waals surface area contributed by atoms with Gasteiger partial charge >= 0.3 is 6.18 Å². The summed E-state index contributed by atoms with van der Waals surface area (Å²) in [5, 5.41) is 0. The molecular weight excluding hydrogens is 311 g/mol. The quantitative estimate of drug-likeness (QED) is 0.706. The molecular formula is C12H19BrF3NO. The van der Waals surface area contributed by atoms with Gasteiger partial charge in [0.15, 0.2) is 0 Å². The largest absolute Gasteiger partial charge is 0.406 e. The van der Waals surface area contributed by atoms with Crippen molar-refractivity contribution < 1.29 is 18.0 Å². The summed E-state index contributed by atoms with van der Waals surface area (Å²) in [5.41, 5.74) is 0. The van der Waals surface area contributed by atoms with Gasteiger partial charge in [-0.3, -0.25) is 4.79 Å². The smallest absolute Gasteiger partial charge is 0.330 e. The maximum atomic E-state index is 12.6. The molecule has 0 spiro atoms. The molecule has 18 heavy (non-hydrogen) atoms. The van der Waals surface area contributed by atoms with Gasteiger partial charge in [-0.1, -0.05) is 29.8 Å². The fourth-order valence-corrected chi connectivity index (χ4v) is 2.16. The topological polar surface area (TPSA) is 20.3 Å². The molecule has 1 fully saturated rings. The molecule has 0 bridgehead atoms. The second-order valence-corrected chi connectivity index (χ2v) is 6.29. The summed E-state index contributed by atoms with van der Waals surface area (Å²) in [6.45, 7) is 4.18. The zero-order valence-corrected chi connectivity index (χ0v) is 12.4. The average Bonchev–Trinajstić information content (AvgIpc) is 3.05. The van der Waals surface area contributed by atoms with Crippen molar-refractivity contribution in [2.45, 2.75) is 50.7 Å². The highest BCUT2D eigenvalue weighted by Crippen LogP contribution is 2.37. The van der Waals surface area contributed by atoms with Gasteiger partial charge in [-0.25, -0.2) is 0 Å². The summed E-state index contributed by atoms with van der Waals surface area (Å²) in [6, 6.07) is -0.335. The van der Waals surface area contributed by atoms with Crippen molar-refractivity contribution in [1.29, 1.82) is 0 Å². The number of nitrogens with zero attached hydrogens (tertiary/aromatic N) is 1. The molecule has 0 aromatic rings. The minimum Gasteiger partial charge on any atom is -0.330 e. The Labute approximate surface area is 114 Å². The Hall–Kier alpha value is -0.260. The second kappa shape index (κ2) is 5.80. The molecule has 2 atom stereocenters. The van der Waals surface area contributed by atoms with Crippen LogP contribution in [0.25, 0.3) is 0 Å². The Morgan fingerprint density at radius 2 is 1.83 bits per heavy atom. The highest BCUT2D eigenvalue weighted by molar-refractivity contribution is 9.10. The first-order valence-electron chi connectivity index (χ1n) is 6.14. The summed E-state index contributed by atoms with van der Waals surface area (Å²) < 4.78 is 37.7. The minimum atomic E-state index is -4.34. The lowest BCUT2D eigenvalue weighted by molar-refractivity contribution is -0.166. The van der Waals surface area contributed by atoms with E-state index in [1.807, 2.05) is 13.8 Å². The number of carbonyl (C=O) groups is 1. The Balaban J connectivity index is 2.79. The van der Waals surface area contributed by atoms with Crippen LogP contribution >= 0.6 is 15.9 Å². The predicted molar refractivity (Wildman–Crippen MR) is 67.5 cm³/mol. The van der Waals surface area contributed by atoms with Crippen LogP contribution in [0.4, 0.5) is 13.2 Å². The SMILES string of the molecule is CC(C)C(Br)C(=O)N(CC(F)(F)F)C(C)C1CC1. The molecule has 1 saturated carbocycles. The molecule has 0 saturated heterocycles. The number of hydrogen-bond acceptors (Lipinski definition) is 1. The van der Waals surface area contributed by atoms with Gasteiger partial charge in [0.2, 0.25) is 5.91 Å². The number of rotatable bonds is 5. The normalized spacial score (nSPS) is 19.8. The van der Waals surface area contributed by atoms with Crippen LogP contribution in [0, 0.1) is 11.8 Å². The molecule has 2 unspecified atom stereocenters. The molecule has 106 valence electrons. The summed E-state index contributed by atoms with van der Waals surface area (Å²) in [4.78, 5) is 12.5. The van der Waals surface area contributed by atoms with Crippen LogP contribution in [0.5, 0.6) is 0 Å². The molecule has 0 radical (unpaired) electrons. The van der Waals surface area contributed by atoms with Gasteiger partial charge in [0, 0.05) is 6.04 Å². The Morgan fingerprint density at radius 3 is 2.17 bits per heavy atom. The van der Waals surface area contributed by atoms with E-state index in [0.29, 0.717) is 0 Å². The lowest BCUT2D eigenvalue weighted by Gasteiger charge is -2.32. The van der Waals surface area contributed by atoms with E-state index in [2.05, 4.69) is 15.9 Å². The first kappa shape index (κ1) is 15.8. The number of amides is 1. The predicted octanol–water partition coefficient (Wildman–Crippen LogP) is 3.60. The molecule has 0 heterocycles. The van der Waals surface area contributed by atoms with Gasteiger partial charge < -0.3 is 4.90 Å². The van der Waals surface area contributed by atoms with Gasteiger partial charge in [-0.05, 0) is 31.6 Å². The Morgan fingerprint density at radius 1 is 1.33 bits per heavy atom. The fourth-order valence-electron chi connectivity index (χ4n) is 1.89. The first-order chi connectivity index (χ1) is 8.13. The van der Waals surface area contributed by atoms with Crippen LogP contribution in [0.3, 0.4) is 0 Å². The fraction of sp³-hybridized carbons (Fsp3) is 0.917. The molecule has 1 aliphatic rings. The van der Waals surface area contributed by atoms with Gasteiger partial charge in [-0.15, -0.1) is 0 Å². The zero-order valence-electron chi connectivity index (χ0n) is 10.8. The van der Waals surface area contributed by atoms with E-state index in [4.69, 9.17) is 0 Å². The van der Waals surface area contributed by atoms with E-state index in [1.54, 1.807) is 6.92 Å². The maximum absolute atomic E-state index is 12.6. The van der Waals surface area contributed by atoms with Crippen molar-refractivity contribution in [3.63, 3.8) is 0 Å². The zero-order chi connectivity index (χ0) is 14.1. The highest BCUT2D eigenvalue weighted by atomic mass is 79.9. The number of alkyl halides is 4. The van der Waals surface area contributed by atoms with E-state index in [1.165, 1.54) is 0 Å². The van der Waals surface area contributed by atoms with Gasteiger partial charge in [0.05, 0.1) is 4.83 Å². The number of carbonyl (C=O) groups excluding carboxylic acids is 1. The summed E-state index contributed by atoms with van der Waals surface area (Å²) in [6.07, 6.45) is -2.52. The standard InChI is InChI=1S/C12H19BrF3NO/c1-7(2)10(13)11(18)17(6-12(14,15)16)8(3)9-4-5-9/h7-10H,4-6H2,1-3H3. The summed E-state index contributed by atoms with van der Waals surface area (Å²) in [7, 11) is 0. The third kappa shape index (κ3) is 4.44. The lowest BCUT2D eigenvalue weighted by atomic mass is 10.1. The molecule has 6 heteroatoms. The van der Waals surface area contributed by atoms with Crippen LogP contribution in [0.1, 0.15) is 33.6 Å². The summed E-state index contributed by atoms with van der Waals surface area (Å²) in [5.74, 6) is -0.260. The van der Waals surface area contributed by atoms with Crippen molar-refractivity contribution in [3.05, 3.63) is 0 Å². The van der Waals surface area contributed by atoms with Gasteiger partial charge in [0.25, 0.3) is 0 Å². The maximum Gasteiger partial charge on any atom is 0.406 e. The second-order valence-electron chi connectivity index (χ2n) is 5.31. The Bertz CT molecular complexity index is 302. The van der Waals surface area contributed by atoms with E-state index in [9.17, 15) is 18.0 Å². The minimum absolute atomic E-state index is 0.0281. The number of halogens is 4. The monoisotopic (exact) mass is 329 g/mol. The van der Waals surface area contributed by atoms with Gasteiger partial charge in [0.1, 0.15) is 6.54 Å². The van der Waals surface area contributed by atoms with Crippen LogP contribution in [-0.2, 0) is 4.79 Å². The Kier molecular flexibility index (Phi) is 5.09. The first-order valence-corrected chi connectivity index (χ1v) is 7.06. The van der Waals surface area contributed by atoms with E-state index >= 15 is 0 Å². The van der Waals surface area contributed by atoms with E-state index in [-0.39, 0.29) is 17.9 Å². The molecule has 1 aliphatic carbocycles. The van der Waals surface area contributed by atoms with Crippen LogP contribution in [0.2, 0.25) is 0 Å². The van der Waals surface area contributed by atoms with Crippen molar-refractivity contribution in [2.75, 3.05) is 6.54 Å². The molecule has 2 nitrogen and oxygen atoms in total. The van der Waals surface area contributed by atoms with Gasteiger partial charge in [-0.2, -0.15) is 13.2 Å². The molecule has 1 rings (SSSR count). The highest BCUT2D eigenvalue weighted by Gasteiger charge is 2.42. The van der Waals surface area contributed by atoms with Crippen LogP contribution in [0.15, 0.2) is 0 Å². The number of hydrogen-bond donors (Lipinski definition) is 0. The third-order valence-corrected chi connectivity index (χ3v) is 4.70. The van der Waals surface area contributed by atoms with Crippen LogP contribution in [-0.4, -0.2) is 34.4 Å². The van der Waals surface area contributed by atoms with Crippen molar-refractivity contribution in [3.8, 4) is 0 Å². The van der Waals surface area contributed by atoms with Crippen molar-refractivity contribution in [2.24, 2.45) is 11.8 Å². The molecule has 0 aromatic heterocycles. The molecule has 1 amide bonds. The summed E-state index contributed by atoms with van der Waals surface area (Å²) >= 11 is 3.20. The van der Waals surface area contributed by atoms with Crippen molar-refractivity contribution >= 4 is 21.8 Å². The average molecular weight is 330 g/mol. The lowest BCUT2D eigenvalue weighted by Crippen LogP contribution is -2.49. The molecule has 0 aliphatic heterocycles. The molecule has 0 aromatic carbocycles. The molecule has 0 N–H and O–H groups in total.